The van der Waals surface area contributed by atoms with E-state index in [1.807, 2.05) is 6.20 Å². The van der Waals surface area contributed by atoms with Gasteiger partial charge >= 0.3 is 0 Å². The number of amidine groups is 1. The molecule has 0 saturated carbocycles. The molecule has 0 bridgehead atoms. The first-order valence-electron chi connectivity index (χ1n) is 5.72. The Morgan fingerprint density at radius 1 is 1.06 bits per heavy atom. The smallest absolute Gasteiger partial charge is 0.143 e. The van der Waals surface area contributed by atoms with Crippen LogP contribution < -0.4 is 4.90 Å². The zero-order chi connectivity index (χ0) is 11.2. The molecular formula is C14H11N3. The Hall–Kier alpha value is -2.29. The van der Waals surface area contributed by atoms with E-state index >= 15 is 0 Å². The number of fused-ring (bicyclic) bond motifs is 6. The molecular weight excluding hydrogens is 210 g/mol. The number of aromatic nitrogens is 1. The molecule has 2 aliphatic rings. The summed E-state index contributed by atoms with van der Waals surface area (Å²) in [4.78, 5) is 6.76. The number of benzene rings is 1. The number of nitrogens with zero attached hydrogens (tertiary/aromatic N) is 3. The van der Waals surface area contributed by atoms with Crippen LogP contribution in [0.3, 0.4) is 0 Å². The van der Waals surface area contributed by atoms with Crippen LogP contribution in [0.4, 0.5) is 5.82 Å². The summed E-state index contributed by atoms with van der Waals surface area (Å²) in [6.07, 6.45) is 6.07. The van der Waals surface area contributed by atoms with E-state index in [4.69, 9.17) is 0 Å². The van der Waals surface area contributed by atoms with Crippen LogP contribution in [0.15, 0.2) is 59.9 Å². The number of hydrogen-bond donors (Lipinski definition) is 0. The highest BCUT2D eigenvalue weighted by Gasteiger charge is 2.27. The second kappa shape index (κ2) is 3.10. The molecule has 2 aromatic rings. The van der Waals surface area contributed by atoms with Gasteiger partial charge in [-0.2, -0.15) is 0 Å². The summed E-state index contributed by atoms with van der Waals surface area (Å²) in [5.74, 6) is 2.24. The lowest BCUT2D eigenvalue weighted by molar-refractivity contribution is 0.956. The molecule has 3 nitrogen and oxygen atoms in total. The molecule has 0 fully saturated rings. The Bertz CT molecular complexity index is 649. The van der Waals surface area contributed by atoms with Gasteiger partial charge in [0.15, 0.2) is 0 Å². The van der Waals surface area contributed by atoms with Crippen LogP contribution in [0.25, 0.3) is 5.69 Å². The highest BCUT2D eigenvalue weighted by Crippen LogP contribution is 2.32. The van der Waals surface area contributed by atoms with E-state index in [0.717, 1.165) is 12.4 Å². The summed E-state index contributed by atoms with van der Waals surface area (Å²) < 4.78 is 2.22. The fraction of sp³-hybridized carbons (Fsp3) is 0.0714. The van der Waals surface area contributed by atoms with Gasteiger partial charge in [-0.15, -0.1) is 0 Å². The lowest BCUT2D eigenvalue weighted by Gasteiger charge is -2.33. The third kappa shape index (κ3) is 1.08. The number of anilines is 1. The van der Waals surface area contributed by atoms with Crippen molar-refractivity contribution in [3.05, 3.63) is 60.4 Å². The monoisotopic (exact) mass is 221 g/mol. The summed E-state index contributed by atoms with van der Waals surface area (Å²) in [5, 5.41) is 0. The third-order valence-corrected chi connectivity index (χ3v) is 3.25. The first kappa shape index (κ1) is 8.82. The minimum atomic E-state index is 0.886. The van der Waals surface area contributed by atoms with E-state index in [0.29, 0.717) is 0 Å². The molecule has 0 aliphatic carbocycles. The normalized spacial score (nSPS) is 16.0. The van der Waals surface area contributed by atoms with Crippen molar-refractivity contribution in [2.75, 3.05) is 11.4 Å². The van der Waals surface area contributed by atoms with Gasteiger partial charge in [-0.25, -0.2) is 4.99 Å². The van der Waals surface area contributed by atoms with Crippen molar-refractivity contribution in [2.45, 2.75) is 0 Å². The standard InChI is InChI=1S/C14H11N3/c1-2-6-12-11(5-1)14-15-8-4-10-17(14)13-7-3-9-16(12)13/h1-9H,10H2. The molecule has 0 radical (unpaired) electrons. The minimum Gasteiger partial charge on any atom is -0.308 e. The van der Waals surface area contributed by atoms with Gasteiger partial charge in [-0.3, -0.25) is 0 Å². The molecule has 1 aromatic heterocycles. The number of rotatable bonds is 0. The van der Waals surface area contributed by atoms with Gasteiger partial charge in [0.1, 0.15) is 11.7 Å². The zero-order valence-electron chi connectivity index (χ0n) is 9.24. The highest BCUT2D eigenvalue weighted by molar-refractivity contribution is 6.14. The molecule has 17 heavy (non-hydrogen) atoms. The quantitative estimate of drug-likeness (QED) is 0.669. The highest BCUT2D eigenvalue weighted by atomic mass is 15.3. The van der Waals surface area contributed by atoms with Crippen LogP contribution in [0, 0.1) is 0 Å². The van der Waals surface area contributed by atoms with Gasteiger partial charge in [-0.1, -0.05) is 12.1 Å². The zero-order valence-corrected chi connectivity index (χ0v) is 9.24. The number of aliphatic imine (C=N–C) groups is 1. The summed E-state index contributed by atoms with van der Waals surface area (Å²) in [6.45, 7) is 0.886. The van der Waals surface area contributed by atoms with Crippen molar-refractivity contribution in [3.8, 4) is 5.69 Å². The summed E-state index contributed by atoms with van der Waals surface area (Å²) in [5.41, 5.74) is 2.40. The van der Waals surface area contributed by atoms with Crippen LogP contribution in [-0.2, 0) is 0 Å². The molecule has 0 spiro atoms. The molecule has 1 aromatic carbocycles. The van der Waals surface area contributed by atoms with Crippen molar-refractivity contribution in [3.63, 3.8) is 0 Å². The third-order valence-electron chi connectivity index (χ3n) is 3.25. The van der Waals surface area contributed by atoms with Gasteiger partial charge in [0.25, 0.3) is 0 Å². The molecule has 0 amide bonds. The average Bonchev–Trinajstić information content (AvgIpc) is 2.89. The number of hydrogen-bond acceptors (Lipinski definition) is 2. The molecule has 3 heteroatoms. The molecule has 3 heterocycles. The van der Waals surface area contributed by atoms with Crippen molar-refractivity contribution < 1.29 is 0 Å². The predicted molar refractivity (Wildman–Crippen MR) is 68.8 cm³/mol. The van der Waals surface area contributed by atoms with Gasteiger partial charge in [0.05, 0.1) is 5.69 Å². The Morgan fingerprint density at radius 2 is 2.00 bits per heavy atom. The first-order chi connectivity index (χ1) is 8.45. The second-order valence-electron chi connectivity index (χ2n) is 4.20. The lowest BCUT2D eigenvalue weighted by Crippen LogP contribution is -2.38. The fourth-order valence-corrected chi connectivity index (χ4v) is 2.52. The maximum atomic E-state index is 4.52. The summed E-state index contributed by atoms with van der Waals surface area (Å²) in [7, 11) is 0. The van der Waals surface area contributed by atoms with Gasteiger partial charge in [-0.05, 0) is 30.3 Å². The largest absolute Gasteiger partial charge is 0.308 e. The van der Waals surface area contributed by atoms with Gasteiger partial charge < -0.3 is 9.47 Å². The van der Waals surface area contributed by atoms with Crippen LogP contribution >= 0.6 is 0 Å². The van der Waals surface area contributed by atoms with Crippen LogP contribution in [0.2, 0.25) is 0 Å². The second-order valence-corrected chi connectivity index (χ2v) is 4.20. The van der Waals surface area contributed by atoms with Crippen molar-refractivity contribution in [2.24, 2.45) is 4.99 Å². The van der Waals surface area contributed by atoms with E-state index < -0.39 is 0 Å². The maximum absolute atomic E-state index is 4.52. The van der Waals surface area contributed by atoms with Gasteiger partial charge in [0, 0.05) is 24.5 Å². The maximum Gasteiger partial charge on any atom is 0.143 e. The number of para-hydroxylation sites is 1. The first-order valence-corrected chi connectivity index (χ1v) is 5.72. The fourth-order valence-electron chi connectivity index (χ4n) is 2.52. The Labute approximate surface area is 99.3 Å². The van der Waals surface area contributed by atoms with E-state index in [1.165, 1.54) is 17.1 Å². The summed E-state index contributed by atoms with van der Waals surface area (Å²) >= 11 is 0. The average molecular weight is 221 g/mol. The molecule has 82 valence electrons. The Balaban J connectivity index is 2.09. The Kier molecular flexibility index (Phi) is 1.61. The molecule has 4 rings (SSSR count). The molecule has 0 atom stereocenters. The van der Waals surface area contributed by atoms with Crippen LogP contribution in [0.5, 0.6) is 0 Å². The van der Waals surface area contributed by atoms with E-state index in [-0.39, 0.29) is 0 Å². The molecule has 0 N–H and O–H groups in total. The van der Waals surface area contributed by atoms with Crippen molar-refractivity contribution in [1.82, 2.24) is 4.57 Å². The topological polar surface area (TPSA) is 20.5 Å². The lowest BCUT2D eigenvalue weighted by atomic mass is 10.1. The van der Waals surface area contributed by atoms with Crippen molar-refractivity contribution >= 4 is 11.7 Å². The minimum absolute atomic E-state index is 0.886. The van der Waals surface area contributed by atoms with E-state index in [1.54, 1.807) is 0 Å². The van der Waals surface area contributed by atoms with Gasteiger partial charge in [0.2, 0.25) is 0 Å². The molecule has 0 saturated heterocycles. The van der Waals surface area contributed by atoms with E-state index in [2.05, 4.69) is 63.1 Å². The van der Waals surface area contributed by atoms with Crippen molar-refractivity contribution in [1.29, 1.82) is 0 Å². The van der Waals surface area contributed by atoms with E-state index in [9.17, 15) is 0 Å². The molecule has 0 unspecified atom stereocenters. The van der Waals surface area contributed by atoms with Crippen LogP contribution in [-0.4, -0.2) is 16.9 Å². The summed E-state index contributed by atoms with van der Waals surface area (Å²) in [6, 6.07) is 12.6. The Morgan fingerprint density at radius 3 is 3.00 bits per heavy atom. The SMILES string of the molecule is C1=CN=C2c3ccccc3-n3cccc3N2C1. The molecule has 2 aliphatic heterocycles. The van der Waals surface area contributed by atoms with Crippen LogP contribution in [0.1, 0.15) is 5.56 Å². The predicted octanol–water partition coefficient (Wildman–Crippen LogP) is 2.57.